The number of ether oxygens (including phenoxy) is 2. The van der Waals surface area contributed by atoms with E-state index in [4.69, 9.17) is 15.2 Å². The lowest BCUT2D eigenvalue weighted by molar-refractivity contribution is -0.121. The van der Waals surface area contributed by atoms with Crippen LogP contribution in [0.1, 0.15) is 19.8 Å². The highest BCUT2D eigenvalue weighted by Crippen LogP contribution is 2.17. The summed E-state index contributed by atoms with van der Waals surface area (Å²) in [6.45, 7) is 2.88. The molecule has 0 aromatic heterocycles. The minimum Gasteiger partial charge on any atom is -0.497 e. The summed E-state index contributed by atoms with van der Waals surface area (Å²) in [6, 6.07) is 7.35. The summed E-state index contributed by atoms with van der Waals surface area (Å²) in [6.07, 6.45) is 1.12. The van der Waals surface area contributed by atoms with Gasteiger partial charge in [0.05, 0.1) is 13.7 Å². The normalized spacial score (nSPS) is 11.7. The van der Waals surface area contributed by atoms with Gasteiger partial charge in [-0.25, -0.2) is 0 Å². The molecule has 0 aliphatic heterocycles. The number of nitrogens with one attached hydrogen (secondary N) is 1. The minimum atomic E-state index is -0.0144. The summed E-state index contributed by atoms with van der Waals surface area (Å²) in [5.74, 6) is 1.58. The van der Waals surface area contributed by atoms with Gasteiger partial charge in [0.2, 0.25) is 5.91 Å². The van der Waals surface area contributed by atoms with Crippen LogP contribution in [-0.2, 0) is 4.79 Å². The van der Waals surface area contributed by atoms with Gasteiger partial charge in [0.25, 0.3) is 0 Å². The summed E-state index contributed by atoms with van der Waals surface area (Å²) in [7, 11) is 1.62. The first-order valence-corrected chi connectivity index (χ1v) is 6.41. The van der Waals surface area contributed by atoms with Crippen molar-refractivity contribution in [3.8, 4) is 11.5 Å². The van der Waals surface area contributed by atoms with Crippen LogP contribution in [0.3, 0.4) is 0 Å². The Morgan fingerprint density at radius 2 is 1.95 bits per heavy atom. The van der Waals surface area contributed by atoms with Gasteiger partial charge in [-0.3, -0.25) is 4.79 Å². The van der Waals surface area contributed by atoms with Crippen LogP contribution >= 0.6 is 0 Å². The molecule has 0 spiro atoms. The molecule has 106 valence electrons. The zero-order valence-corrected chi connectivity index (χ0v) is 11.5. The van der Waals surface area contributed by atoms with Crippen molar-refractivity contribution in [1.29, 1.82) is 0 Å². The molecule has 1 aromatic rings. The maximum Gasteiger partial charge on any atom is 0.220 e. The molecule has 0 aliphatic carbocycles. The van der Waals surface area contributed by atoms with Crippen LogP contribution in [-0.4, -0.2) is 32.2 Å². The van der Waals surface area contributed by atoms with Gasteiger partial charge >= 0.3 is 0 Å². The van der Waals surface area contributed by atoms with Crippen LogP contribution in [0.25, 0.3) is 0 Å². The third-order valence-electron chi connectivity index (χ3n) is 2.50. The van der Waals surface area contributed by atoms with Gasteiger partial charge in [0, 0.05) is 19.0 Å². The van der Waals surface area contributed by atoms with Crippen LogP contribution in [0, 0.1) is 0 Å². The van der Waals surface area contributed by atoms with E-state index in [1.54, 1.807) is 7.11 Å². The first-order valence-electron chi connectivity index (χ1n) is 6.41. The van der Waals surface area contributed by atoms with Gasteiger partial charge in [-0.15, -0.1) is 0 Å². The summed E-state index contributed by atoms with van der Waals surface area (Å²) in [4.78, 5) is 11.4. The molecule has 0 radical (unpaired) electrons. The molecule has 5 nitrogen and oxygen atoms in total. The lowest BCUT2D eigenvalue weighted by atomic mass is 10.3. The highest BCUT2D eigenvalue weighted by molar-refractivity contribution is 5.75. The zero-order valence-electron chi connectivity index (χ0n) is 11.5. The second kappa shape index (κ2) is 8.37. The molecule has 0 aliphatic rings. The highest BCUT2D eigenvalue weighted by atomic mass is 16.5. The Balaban J connectivity index is 2.14. The predicted octanol–water partition coefficient (Wildman–Crippen LogP) is 1.32. The molecule has 1 atom stereocenters. The van der Waals surface area contributed by atoms with Crippen molar-refractivity contribution >= 4 is 5.91 Å². The molecule has 1 rings (SSSR count). The van der Waals surface area contributed by atoms with Crippen molar-refractivity contribution in [1.82, 2.24) is 5.32 Å². The van der Waals surface area contributed by atoms with Gasteiger partial charge in [-0.2, -0.15) is 0 Å². The molecular formula is C14H22N2O3. The number of carbonyl (C=O) groups is 1. The summed E-state index contributed by atoms with van der Waals surface area (Å²) in [5, 5.41) is 2.76. The van der Waals surface area contributed by atoms with Gasteiger partial charge in [0.15, 0.2) is 0 Å². The van der Waals surface area contributed by atoms with Crippen LogP contribution in [0.4, 0.5) is 0 Å². The summed E-state index contributed by atoms with van der Waals surface area (Å²) in [5.41, 5.74) is 5.55. The van der Waals surface area contributed by atoms with Crippen molar-refractivity contribution in [2.45, 2.75) is 25.8 Å². The van der Waals surface area contributed by atoms with E-state index in [-0.39, 0.29) is 11.9 Å². The highest BCUT2D eigenvalue weighted by Gasteiger charge is 2.02. The van der Waals surface area contributed by atoms with E-state index in [1.165, 1.54) is 0 Å². The Kier molecular flexibility index (Phi) is 6.74. The smallest absolute Gasteiger partial charge is 0.220 e. The molecule has 5 heteroatoms. The van der Waals surface area contributed by atoms with Crippen molar-refractivity contribution in [2.24, 2.45) is 5.73 Å². The molecule has 0 fully saturated rings. The number of methoxy groups -OCH3 is 1. The van der Waals surface area contributed by atoms with E-state index in [1.807, 2.05) is 31.2 Å². The predicted molar refractivity (Wildman–Crippen MR) is 74.4 cm³/mol. The molecule has 1 aromatic carbocycles. The van der Waals surface area contributed by atoms with E-state index in [9.17, 15) is 4.79 Å². The van der Waals surface area contributed by atoms with E-state index in [0.717, 1.165) is 11.5 Å². The fraction of sp³-hybridized carbons (Fsp3) is 0.500. The molecule has 0 saturated heterocycles. The average molecular weight is 266 g/mol. The van der Waals surface area contributed by atoms with Crippen LogP contribution < -0.4 is 20.5 Å². The Bertz CT molecular complexity index is 377. The monoisotopic (exact) mass is 266 g/mol. The number of carbonyl (C=O) groups excluding carboxylic acids is 1. The second-order valence-electron chi connectivity index (χ2n) is 4.41. The third kappa shape index (κ3) is 6.67. The van der Waals surface area contributed by atoms with Crippen molar-refractivity contribution in [3.63, 3.8) is 0 Å². The van der Waals surface area contributed by atoms with Crippen molar-refractivity contribution in [2.75, 3.05) is 20.3 Å². The number of benzene rings is 1. The van der Waals surface area contributed by atoms with Gasteiger partial charge in [-0.05, 0) is 37.6 Å². The van der Waals surface area contributed by atoms with E-state index < -0.39 is 0 Å². The number of hydrogen-bond acceptors (Lipinski definition) is 4. The van der Waals surface area contributed by atoms with E-state index in [2.05, 4.69) is 5.32 Å². The quantitative estimate of drug-likeness (QED) is 0.696. The van der Waals surface area contributed by atoms with Crippen molar-refractivity contribution < 1.29 is 14.3 Å². The third-order valence-corrected chi connectivity index (χ3v) is 2.50. The number of hydrogen-bond donors (Lipinski definition) is 2. The molecular weight excluding hydrogens is 244 g/mol. The SMILES string of the molecule is COc1ccc(OCCCC(=O)NCC(C)N)cc1. The number of nitrogens with two attached hydrogens (primary N) is 1. The molecule has 19 heavy (non-hydrogen) atoms. The van der Waals surface area contributed by atoms with Crippen LogP contribution in [0.15, 0.2) is 24.3 Å². The average Bonchev–Trinajstić information content (AvgIpc) is 2.42. The van der Waals surface area contributed by atoms with Crippen LogP contribution in [0.2, 0.25) is 0 Å². The van der Waals surface area contributed by atoms with Gasteiger partial charge in [-0.1, -0.05) is 0 Å². The summed E-state index contributed by atoms with van der Waals surface area (Å²) < 4.78 is 10.6. The Morgan fingerprint density at radius 1 is 1.32 bits per heavy atom. The maximum absolute atomic E-state index is 11.4. The largest absolute Gasteiger partial charge is 0.497 e. The molecule has 1 unspecified atom stereocenters. The topological polar surface area (TPSA) is 73.6 Å². The van der Waals surface area contributed by atoms with Crippen LogP contribution in [0.5, 0.6) is 11.5 Å². The van der Waals surface area contributed by atoms with E-state index in [0.29, 0.717) is 26.0 Å². The Labute approximate surface area is 114 Å². The minimum absolute atomic E-state index is 0.00984. The molecule has 3 N–H and O–H groups in total. The second-order valence-corrected chi connectivity index (χ2v) is 4.41. The summed E-state index contributed by atoms with van der Waals surface area (Å²) >= 11 is 0. The Hall–Kier alpha value is -1.75. The number of rotatable bonds is 8. The molecule has 1 amide bonds. The molecule has 0 heterocycles. The zero-order chi connectivity index (χ0) is 14.1. The fourth-order valence-electron chi connectivity index (χ4n) is 1.46. The fourth-order valence-corrected chi connectivity index (χ4v) is 1.46. The number of amides is 1. The van der Waals surface area contributed by atoms with Gasteiger partial charge < -0.3 is 20.5 Å². The first-order chi connectivity index (χ1) is 9.11. The molecule has 0 saturated carbocycles. The van der Waals surface area contributed by atoms with Gasteiger partial charge in [0.1, 0.15) is 11.5 Å². The lowest BCUT2D eigenvalue weighted by Crippen LogP contribution is -2.35. The first kappa shape index (κ1) is 15.3. The lowest BCUT2D eigenvalue weighted by Gasteiger charge is -2.09. The van der Waals surface area contributed by atoms with E-state index >= 15 is 0 Å². The van der Waals surface area contributed by atoms with Crippen molar-refractivity contribution in [3.05, 3.63) is 24.3 Å². The molecule has 0 bridgehead atoms. The maximum atomic E-state index is 11.4. The Morgan fingerprint density at radius 3 is 2.53 bits per heavy atom. The standard InChI is InChI=1S/C14H22N2O3/c1-11(15)10-16-14(17)4-3-9-19-13-7-5-12(18-2)6-8-13/h5-8,11H,3-4,9-10,15H2,1-2H3,(H,16,17).